The first-order valence-corrected chi connectivity index (χ1v) is 5.67. The first-order chi connectivity index (χ1) is 7.83. The van der Waals surface area contributed by atoms with Gasteiger partial charge in [0.05, 0.1) is 6.04 Å². The Labute approximate surface area is 97.8 Å². The van der Waals surface area contributed by atoms with E-state index in [4.69, 9.17) is 9.47 Å². The van der Waals surface area contributed by atoms with E-state index in [1.807, 2.05) is 18.2 Å². The molecule has 16 heavy (non-hydrogen) atoms. The van der Waals surface area contributed by atoms with Crippen molar-refractivity contribution in [3.8, 4) is 0 Å². The highest BCUT2D eigenvalue weighted by Crippen LogP contribution is 2.19. The molecule has 0 amide bonds. The number of rotatable bonds is 7. The van der Waals surface area contributed by atoms with Crippen LogP contribution in [0.3, 0.4) is 0 Å². The highest BCUT2D eigenvalue weighted by Gasteiger charge is 2.21. The van der Waals surface area contributed by atoms with E-state index >= 15 is 0 Å². The number of hydrogen-bond acceptors (Lipinski definition) is 3. The molecule has 3 nitrogen and oxygen atoms in total. The summed E-state index contributed by atoms with van der Waals surface area (Å²) < 4.78 is 10.7. The number of benzene rings is 1. The largest absolute Gasteiger partial charge is 0.354 e. The Morgan fingerprint density at radius 2 is 1.75 bits per heavy atom. The van der Waals surface area contributed by atoms with Gasteiger partial charge in [0.2, 0.25) is 0 Å². The number of nitrogens with one attached hydrogen (secondary N) is 1. The molecule has 0 spiro atoms. The summed E-state index contributed by atoms with van der Waals surface area (Å²) >= 11 is 0. The molecule has 1 rings (SSSR count). The minimum Gasteiger partial charge on any atom is -0.354 e. The molecule has 1 N–H and O–H groups in total. The summed E-state index contributed by atoms with van der Waals surface area (Å²) in [7, 11) is 3.33. The van der Waals surface area contributed by atoms with Gasteiger partial charge in [-0.2, -0.15) is 0 Å². The van der Waals surface area contributed by atoms with Crippen molar-refractivity contribution in [2.24, 2.45) is 0 Å². The lowest BCUT2D eigenvalue weighted by Gasteiger charge is -2.26. The summed E-state index contributed by atoms with van der Waals surface area (Å²) in [5.41, 5.74) is 1.18. The second kappa shape index (κ2) is 7.39. The summed E-state index contributed by atoms with van der Waals surface area (Å²) in [5.74, 6) is 0. The third kappa shape index (κ3) is 3.59. The maximum Gasteiger partial charge on any atom is 0.176 e. The summed E-state index contributed by atoms with van der Waals surface area (Å²) in [4.78, 5) is 0. The predicted molar refractivity (Wildman–Crippen MR) is 65.3 cm³/mol. The first-order valence-electron chi connectivity index (χ1n) is 5.67. The van der Waals surface area contributed by atoms with E-state index in [2.05, 4.69) is 24.4 Å². The minimum absolute atomic E-state index is 0.0798. The van der Waals surface area contributed by atoms with Gasteiger partial charge in [0.15, 0.2) is 6.29 Å². The molecule has 0 saturated heterocycles. The molecule has 0 saturated carbocycles. The Bertz CT molecular complexity index is 273. The molecule has 0 heterocycles. The van der Waals surface area contributed by atoms with Crippen LogP contribution in [0.1, 0.15) is 24.9 Å². The third-order valence-electron chi connectivity index (χ3n) is 2.51. The lowest BCUT2D eigenvalue weighted by Crippen LogP contribution is -2.35. The summed E-state index contributed by atoms with van der Waals surface area (Å²) in [6.45, 7) is 3.09. The van der Waals surface area contributed by atoms with Crippen LogP contribution in [0.2, 0.25) is 0 Å². The lowest BCUT2D eigenvalue weighted by molar-refractivity contribution is -0.124. The Morgan fingerprint density at radius 1 is 1.12 bits per heavy atom. The first kappa shape index (κ1) is 13.2. The van der Waals surface area contributed by atoms with E-state index in [9.17, 15) is 0 Å². The monoisotopic (exact) mass is 223 g/mol. The number of ether oxygens (including phenoxy) is 2. The van der Waals surface area contributed by atoms with Crippen molar-refractivity contribution in [3.05, 3.63) is 35.9 Å². The van der Waals surface area contributed by atoms with Crippen LogP contribution in [0.5, 0.6) is 0 Å². The van der Waals surface area contributed by atoms with Crippen LogP contribution in [0.15, 0.2) is 30.3 Å². The average molecular weight is 223 g/mol. The Kier molecular flexibility index (Phi) is 6.08. The molecular formula is C13H21NO2. The molecule has 0 fully saturated rings. The van der Waals surface area contributed by atoms with Crippen molar-refractivity contribution in [2.45, 2.75) is 25.7 Å². The van der Waals surface area contributed by atoms with Crippen LogP contribution < -0.4 is 5.32 Å². The summed E-state index contributed by atoms with van der Waals surface area (Å²) in [5, 5.41) is 3.44. The molecule has 90 valence electrons. The van der Waals surface area contributed by atoms with Crippen LogP contribution in [-0.4, -0.2) is 27.1 Å². The smallest absolute Gasteiger partial charge is 0.176 e. The van der Waals surface area contributed by atoms with Gasteiger partial charge in [-0.05, 0) is 18.5 Å². The zero-order valence-electron chi connectivity index (χ0n) is 10.3. The topological polar surface area (TPSA) is 30.5 Å². The van der Waals surface area contributed by atoms with Crippen LogP contribution in [-0.2, 0) is 9.47 Å². The Balaban J connectivity index is 2.78. The van der Waals surface area contributed by atoms with Crippen molar-refractivity contribution in [1.82, 2.24) is 5.32 Å². The van der Waals surface area contributed by atoms with Gasteiger partial charge in [-0.25, -0.2) is 0 Å². The van der Waals surface area contributed by atoms with E-state index in [1.165, 1.54) is 5.56 Å². The van der Waals surface area contributed by atoms with Crippen LogP contribution >= 0.6 is 0 Å². The number of methoxy groups -OCH3 is 2. The van der Waals surface area contributed by atoms with Crippen molar-refractivity contribution < 1.29 is 9.47 Å². The highest BCUT2D eigenvalue weighted by atomic mass is 16.7. The van der Waals surface area contributed by atoms with Crippen molar-refractivity contribution in [2.75, 3.05) is 20.8 Å². The molecule has 1 unspecified atom stereocenters. The molecule has 0 aliphatic heterocycles. The van der Waals surface area contributed by atoms with E-state index < -0.39 is 0 Å². The van der Waals surface area contributed by atoms with Gasteiger partial charge in [0.1, 0.15) is 0 Å². The van der Waals surface area contributed by atoms with Gasteiger partial charge in [-0.3, -0.25) is 0 Å². The van der Waals surface area contributed by atoms with Gasteiger partial charge in [0.25, 0.3) is 0 Å². The van der Waals surface area contributed by atoms with Crippen LogP contribution in [0.25, 0.3) is 0 Å². The van der Waals surface area contributed by atoms with Crippen molar-refractivity contribution in [3.63, 3.8) is 0 Å². The standard InChI is InChI=1S/C13H21NO2/c1-4-10-14-12(13(15-2)16-3)11-8-6-5-7-9-11/h5-9,12-14H,4,10H2,1-3H3. The summed E-state index contributed by atoms with van der Waals surface area (Å²) in [6, 6.07) is 10.3. The minimum atomic E-state index is -0.256. The van der Waals surface area contributed by atoms with Crippen molar-refractivity contribution >= 4 is 0 Å². The fraction of sp³-hybridized carbons (Fsp3) is 0.538. The van der Waals surface area contributed by atoms with Gasteiger partial charge in [-0.15, -0.1) is 0 Å². The Hall–Kier alpha value is -0.900. The fourth-order valence-electron chi connectivity index (χ4n) is 1.70. The molecular weight excluding hydrogens is 202 g/mol. The number of hydrogen-bond donors (Lipinski definition) is 1. The zero-order valence-corrected chi connectivity index (χ0v) is 10.3. The van der Waals surface area contributed by atoms with Gasteiger partial charge in [-0.1, -0.05) is 37.3 Å². The summed E-state index contributed by atoms with van der Waals surface area (Å²) in [6.07, 6.45) is 0.831. The van der Waals surface area contributed by atoms with E-state index in [0.29, 0.717) is 0 Å². The van der Waals surface area contributed by atoms with Gasteiger partial charge >= 0.3 is 0 Å². The highest BCUT2D eigenvalue weighted by molar-refractivity contribution is 5.19. The maximum absolute atomic E-state index is 5.33. The zero-order chi connectivity index (χ0) is 11.8. The van der Waals surface area contributed by atoms with Crippen LogP contribution in [0.4, 0.5) is 0 Å². The molecule has 1 aromatic rings. The quantitative estimate of drug-likeness (QED) is 0.720. The van der Waals surface area contributed by atoms with E-state index in [-0.39, 0.29) is 12.3 Å². The molecule has 0 aromatic heterocycles. The van der Waals surface area contributed by atoms with Crippen LogP contribution in [0, 0.1) is 0 Å². The average Bonchev–Trinajstić information content (AvgIpc) is 2.35. The molecule has 0 radical (unpaired) electrons. The fourth-order valence-corrected chi connectivity index (χ4v) is 1.70. The molecule has 1 aromatic carbocycles. The second-order valence-electron chi connectivity index (χ2n) is 3.68. The lowest BCUT2D eigenvalue weighted by atomic mass is 10.1. The van der Waals surface area contributed by atoms with Crippen molar-refractivity contribution in [1.29, 1.82) is 0 Å². The SMILES string of the molecule is CCCNC(c1ccccc1)C(OC)OC. The maximum atomic E-state index is 5.33. The molecule has 0 aliphatic rings. The normalized spacial score (nSPS) is 13.0. The molecule has 1 atom stereocenters. The Morgan fingerprint density at radius 3 is 2.25 bits per heavy atom. The van der Waals surface area contributed by atoms with E-state index in [1.54, 1.807) is 14.2 Å². The third-order valence-corrected chi connectivity index (χ3v) is 2.51. The second-order valence-corrected chi connectivity index (χ2v) is 3.68. The van der Waals surface area contributed by atoms with Gasteiger partial charge < -0.3 is 14.8 Å². The molecule has 0 bridgehead atoms. The molecule has 3 heteroatoms. The van der Waals surface area contributed by atoms with Gasteiger partial charge in [0, 0.05) is 14.2 Å². The van der Waals surface area contributed by atoms with E-state index in [0.717, 1.165) is 13.0 Å². The molecule has 0 aliphatic carbocycles. The predicted octanol–water partition coefficient (Wildman–Crippen LogP) is 2.35.